The van der Waals surface area contributed by atoms with Crippen molar-refractivity contribution in [2.24, 2.45) is 5.73 Å². The van der Waals surface area contributed by atoms with E-state index in [9.17, 15) is 0 Å². The molecule has 1 heterocycles. The summed E-state index contributed by atoms with van der Waals surface area (Å²) in [7, 11) is 0. The van der Waals surface area contributed by atoms with Gasteiger partial charge in [0, 0.05) is 6.54 Å². The second kappa shape index (κ2) is 4.98. The van der Waals surface area contributed by atoms with Crippen LogP contribution in [0.2, 0.25) is 0 Å². The molecule has 0 fully saturated rings. The van der Waals surface area contributed by atoms with E-state index in [-0.39, 0.29) is 0 Å². The lowest BCUT2D eigenvalue weighted by Crippen LogP contribution is -2.09. The van der Waals surface area contributed by atoms with Gasteiger partial charge in [0.2, 0.25) is 5.95 Å². The molecule has 0 aliphatic heterocycles. The fourth-order valence-corrected chi connectivity index (χ4v) is 2.63. The Morgan fingerprint density at radius 3 is 2.78 bits per heavy atom. The topological polar surface area (TPSA) is 66.7 Å². The molecule has 3 rings (SSSR count). The molecule has 0 saturated carbocycles. The van der Waals surface area contributed by atoms with Gasteiger partial charge in [-0.15, -0.1) is 0 Å². The number of hydrogen-bond donors (Lipinski definition) is 3. The molecule has 0 spiro atoms. The number of nitrogens with zero attached hydrogens (tertiary/aromatic N) is 1. The van der Waals surface area contributed by atoms with Crippen LogP contribution in [-0.4, -0.2) is 23.1 Å². The normalized spacial score (nSPS) is 14.7. The van der Waals surface area contributed by atoms with E-state index in [1.807, 2.05) is 0 Å². The number of anilines is 1. The number of benzene rings is 1. The van der Waals surface area contributed by atoms with Gasteiger partial charge in [0.05, 0.1) is 11.0 Å². The molecular weight excluding hydrogens is 224 g/mol. The highest BCUT2D eigenvalue weighted by Gasteiger charge is 2.12. The van der Waals surface area contributed by atoms with Gasteiger partial charge >= 0.3 is 0 Å². The molecule has 0 unspecified atom stereocenters. The van der Waals surface area contributed by atoms with Gasteiger partial charge < -0.3 is 16.0 Å². The summed E-state index contributed by atoms with van der Waals surface area (Å²) < 4.78 is 0. The van der Waals surface area contributed by atoms with Crippen molar-refractivity contribution in [3.05, 3.63) is 23.3 Å². The van der Waals surface area contributed by atoms with Crippen LogP contribution >= 0.6 is 0 Å². The Hall–Kier alpha value is -1.55. The number of hydrogen-bond acceptors (Lipinski definition) is 3. The Kier molecular flexibility index (Phi) is 3.19. The average Bonchev–Trinajstić information content (AvgIpc) is 2.77. The van der Waals surface area contributed by atoms with E-state index in [1.165, 1.54) is 36.8 Å². The molecule has 0 saturated heterocycles. The molecule has 0 amide bonds. The van der Waals surface area contributed by atoms with Crippen molar-refractivity contribution in [1.29, 1.82) is 0 Å². The zero-order valence-electron chi connectivity index (χ0n) is 10.6. The number of H-pyrrole nitrogens is 1. The van der Waals surface area contributed by atoms with Crippen molar-refractivity contribution in [3.63, 3.8) is 0 Å². The highest BCUT2D eigenvalue weighted by molar-refractivity contribution is 5.79. The molecule has 1 aliphatic carbocycles. The number of nitrogens with one attached hydrogen (secondary N) is 2. The lowest BCUT2D eigenvalue weighted by molar-refractivity contribution is 0.687. The van der Waals surface area contributed by atoms with Crippen LogP contribution in [0.5, 0.6) is 0 Å². The molecule has 4 nitrogen and oxygen atoms in total. The minimum Gasteiger partial charge on any atom is -0.356 e. The van der Waals surface area contributed by atoms with Gasteiger partial charge in [-0.1, -0.05) is 0 Å². The number of aryl methyl sites for hydroxylation is 2. The van der Waals surface area contributed by atoms with Crippen LogP contribution in [0.4, 0.5) is 5.95 Å². The third kappa shape index (κ3) is 2.20. The zero-order valence-corrected chi connectivity index (χ0v) is 10.6. The fraction of sp³-hybridized carbons (Fsp3) is 0.500. The summed E-state index contributed by atoms with van der Waals surface area (Å²) in [4.78, 5) is 7.93. The molecule has 1 aliphatic rings. The van der Waals surface area contributed by atoms with Gasteiger partial charge in [0.1, 0.15) is 0 Å². The van der Waals surface area contributed by atoms with Crippen LogP contribution in [0, 0.1) is 0 Å². The molecule has 4 N–H and O–H groups in total. The van der Waals surface area contributed by atoms with E-state index >= 15 is 0 Å². The average molecular weight is 244 g/mol. The maximum Gasteiger partial charge on any atom is 0.201 e. The molecule has 96 valence electrons. The highest BCUT2D eigenvalue weighted by Crippen LogP contribution is 2.26. The number of rotatable bonds is 4. The molecule has 18 heavy (non-hydrogen) atoms. The molecule has 1 aromatic heterocycles. The van der Waals surface area contributed by atoms with Crippen molar-refractivity contribution in [3.8, 4) is 0 Å². The Labute approximate surface area is 107 Å². The molecule has 0 bridgehead atoms. The summed E-state index contributed by atoms with van der Waals surface area (Å²) in [5.41, 5.74) is 10.7. The van der Waals surface area contributed by atoms with E-state index in [4.69, 9.17) is 5.73 Å². The van der Waals surface area contributed by atoms with E-state index in [0.29, 0.717) is 6.54 Å². The number of aromatic amines is 1. The van der Waals surface area contributed by atoms with Crippen molar-refractivity contribution in [2.45, 2.75) is 32.1 Å². The molecule has 0 atom stereocenters. The predicted octanol–water partition coefficient (Wildman–Crippen LogP) is 2.20. The number of imidazole rings is 1. The van der Waals surface area contributed by atoms with Crippen LogP contribution in [0.25, 0.3) is 11.0 Å². The highest BCUT2D eigenvalue weighted by atomic mass is 15.1. The van der Waals surface area contributed by atoms with E-state index < -0.39 is 0 Å². The summed E-state index contributed by atoms with van der Waals surface area (Å²) in [5.74, 6) is 0.862. The first-order valence-corrected chi connectivity index (χ1v) is 6.82. The zero-order chi connectivity index (χ0) is 12.4. The molecule has 4 heteroatoms. The minimum atomic E-state index is 0.710. The van der Waals surface area contributed by atoms with Gasteiger partial charge in [-0.25, -0.2) is 4.98 Å². The maximum absolute atomic E-state index is 5.48. The lowest BCUT2D eigenvalue weighted by Gasteiger charge is -2.14. The molecule has 2 aromatic rings. The van der Waals surface area contributed by atoms with E-state index in [1.54, 1.807) is 0 Å². The number of fused-ring (bicyclic) bond motifs is 2. The van der Waals surface area contributed by atoms with Crippen LogP contribution in [0.15, 0.2) is 12.1 Å². The van der Waals surface area contributed by atoms with Crippen LogP contribution in [-0.2, 0) is 12.8 Å². The van der Waals surface area contributed by atoms with E-state index in [0.717, 1.165) is 29.9 Å². The largest absolute Gasteiger partial charge is 0.356 e. The first-order chi connectivity index (χ1) is 8.86. The smallest absolute Gasteiger partial charge is 0.201 e. The Morgan fingerprint density at radius 1 is 1.22 bits per heavy atom. The SMILES string of the molecule is NCCCNc1nc2cc3c(cc2[nH]1)CCCC3. The third-order valence-corrected chi connectivity index (χ3v) is 3.62. The minimum absolute atomic E-state index is 0.710. The van der Waals surface area contributed by atoms with E-state index in [2.05, 4.69) is 27.4 Å². The third-order valence-electron chi connectivity index (χ3n) is 3.62. The van der Waals surface area contributed by atoms with Crippen molar-refractivity contribution in [1.82, 2.24) is 9.97 Å². The Bertz CT molecular complexity index is 501. The number of nitrogens with two attached hydrogens (primary N) is 1. The standard InChI is InChI=1S/C14H20N4/c15-6-3-7-16-14-17-12-8-10-4-1-2-5-11(10)9-13(12)18-14/h8-9H,1-7,15H2,(H2,16,17,18). The molecular formula is C14H20N4. The second-order valence-corrected chi connectivity index (χ2v) is 5.00. The summed E-state index contributed by atoms with van der Waals surface area (Å²) in [5, 5.41) is 3.28. The Morgan fingerprint density at radius 2 is 2.00 bits per heavy atom. The van der Waals surface area contributed by atoms with Crippen LogP contribution in [0.3, 0.4) is 0 Å². The summed E-state index contributed by atoms with van der Waals surface area (Å²) >= 11 is 0. The quantitative estimate of drug-likeness (QED) is 0.722. The number of aromatic nitrogens is 2. The van der Waals surface area contributed by atoms with Gasteiger partial charge in [0.15, 0.2) is 0 Å². The van der Waals surface area contributed by atoms with Gasteiger partial charge in [-0.2, -0.15) is 0 Å². The maximum atomic E-state index is 5.48. The molecule has 1 aromatic carbocycles. The fourth-order valence-electron chi connectivity index (χ4n) is 2.63. The van der Waals surface area contributed by atoms with Crippen LogP contribution < -0.4 is 11.1 Å². The lowest BCUT2D eigenvalue weighted by atomic mass is 9.91. The van der Waals surface area contributed by atoms with Crippen LogP contribution in [0.1, 0.15) is 30.4 Å². The first kappa shape index (κ1) is 11.5. The van der Waals surface area contributed by atoms with Crippen molar-refractivity contribution in [2.75, 3.05) is 18.4 Å². The predicted molar refractivity (Wildman–Crippen MR) is 74.9 cm³/mol. The first-order valence-electron chi connectivity index (χ1n) is 6.82. The summed E-state index contributed by atoms with van der Waals surface area (Å²) in [6.45, 7) is 1.58. The van der Waals surface area contributed by atoms with Crippen molar-refractivity contribution >= 4 is 17.0 Å². The second-order valence-electron chi connectivity index (χ2n) is 5.00. The van der Waals surface area contributed by atoms with Gasteiger partial charge in [-0.3, -0.25) is 0 Å². The van der Waals surface area contributed by atoms with Crippen molar-refractivity contribution < 1.29 is 0 Å². The summed E-state index contributed by atoms with van der Waals surface area (Å²) in [6, 6.07) is 4.51. The summed E-state index contributed by atoms with van der Waals surface area (Å²) in [6.07, 6.45) is 6.00. The Balaban J connectivity index is 1.87. The molecule has 0 radical (unpaired) electrons. The van der Waals surface area contributed by atoms with Gasteiger partial charge in [-0.05, 0) is 61.9 Å². The van der Waals surface area contributed by atoms with Gasteiger partial charge in [0.25, 0.3) is 0 Å². The monoisotopic (exact) mass is 244 g/mol.